The molecule has 0 N–H and O–H groups in total. The fourth-order valence-electron chi connectivity index (χ4n) is 1.83. The molecule has 2 rings (SSSR count). The fourth-order valence-corrected chi connectivity index (χ4v) is 3.85. The number of rotatable bonds is 4. The Hall–Kier alpha value is -0.800. The molecule has 1 amide bonds. The maximum Gasteiger partial charge on any atom is 0.265 e. The van der Waals surface area contributed by atoms with Crippen LogP contribution in [0.4, 0.5) is 0 Å². The van der Waals surface area contributed by atoms with Crippen LogP contribution in [0.5, 0.6) is 11.5 Å². The maximum absolute atomic E-state index is 12.0. The Morgan fingerprint density at radius 3 is 2.71 bits per heavy atom. The summed E-state index contributed by atoms with van der Waals surface area (Å²) < 4.78 is 12.4. The van der Waals surface area contributed by atoms with Crippen LogP contribution in [0, 0.1) is 3.57 Å². The molecule has 0 unspecified atom stereocenters. The van der Waals surface area contributed by atoms with Gasteiger partial charge in [0.15, 0.2) is 11.5 Å². The summed E-state index contributed by atoms with van der Waals surface area (Å²) in [7, 11) is 3.30. The van der Waals surface area contributed by atoms with E-state index in [1.54, 1.807) is 14.2 Å². The highest BCUT2D eigenvalue weighted by molar-refractivity contribution is 14.1. The van der Waals surface area contributed by atoms with Gasteiger partial charge in [0.1, 0.15) is 4.32 Å². The third kappa shape index (κ3) is 3.51. The summed E-state index contributed by atoms with van der Waals surface area (Å²) in [6.07, 6.45) is 1.83. The van der Waals surface area contributed by atoms with Crippen LogP contribution in [0.3, 0.4) is 0 Å². The van der Waals surface area contributed by atoms with E-state index in [-0.39, 0.29) is 5.91 Å². The first-order chi connectivity index (χ1) is 9.97. The van der Waals surface area contributed by atoms with Crippen LogP contribution in [-0.2, 0) is 4.79 Å². The van der Waals surface area contributed by atoms with E-state index in [0.29, 0.717) is 27.3 Å². The van der Waals surface area contributed by atoms with Gasteiger partial charge in [-0.3, -0.25) is 9.69 Å². The minimum atomic E-state index is -0.0752. The Labute approximate surface area is 147 Å². The van der Waals surface area contributed by atoms with Crippen molar-refractivity contribution in [3.8, 4) is 11.5 Å². The molecule has 4 nitrogen and oxygen atoms in total. The number of hydrogen-bond donors (Lipinski definition) is 0. The third-order valence-electron chi connectivity index (χ3n) is 2.82. The minimum absolute atomic E-state index is 0.0752. The summed E-state index contributed by atoms with van der Waals surface area (Å²) in [5.41, 5.74) is 0.887. The van der Waals surface area contributed by atoms with E-state index < -0.39 is 0 Å². The predicted octanol–water partition coefficient (Wildman–Crippen LogP) is 3.53. The lowest BCUT2D eigenvalue weighted by molar-refractivity contribution is -0.121. The van der Waals surface area contributed by atoms with E-state index in [9.17, 15) is 4.79 Å². The molecule has 0 radical (unpaired) electrons. The van der Waals surface area contributed by atoms with Gasteiger partial charge in [0.2, 0.25) is 0 Å². The standard InChI is InChI=1S/C14H14INO3S2/c1-4-19-10-6-8(5-9(15)12(10)18-3)7-11-13(17)16(2)14(20)21-11/h5-7H,4H2,1-3H3/b11-7+. The molecule has 1 aromatic carbocycles. The molecule has 1 aromatic rings. The first kappa shape index (κ1) is 16.6. The van der Waals surface area contributed by atoms with Crippen molar-refractivity contribution in [1.82, 2.24) is 4.90 Å². The smallest absolute Gasteiger partial charge is 0.265 e. The van der Waals surface area contributed by atoms with Gasteiger partial charge in [0, 0.05) is 7.05 Å². The number of hydrogen-bond acceptors (Lipinski definition) is 5. The molecule has 112 valence electrons. The van der Waals surface area contributed by atoms with Crippen LogP contribution in [0.1, 0.15) is 12.5 Å². The lowest BCUT2D eigenvalue weighted by atomic mass is 10.2. The Bertz CT molecular complexity index is 631. The second kappa shape index (κ2) is 6.97. The molecule has 1 saturated heterocycles. The first-order valence-corrected chi connectivity index (χ1v) is 8.50. The summed E-state index contributed by atoms with van der Waals surface area (Å²) >= 11 is 8.62. The first-order valence-electron chi connectivity index (χ1n) is 6.19. The second-order valence-electron chi connectivity index (χ2n) is 4.21. The van der Waals surface area contributed by atoms with Crippen LogP contribution in [0.2, 0.25) is 0 Å². The number of benzene rings is 1. The average molecular weight is 435 g/mol. The Morgan fingerprint density at radius 2 is 2.19 bits per heavy atom. The van der Waals surface area contributed by atoms with E-state index in [0.717, 1.165) is 9.13 Å². The van der Waals surface area contributed by atoms with Crippen LogP contribution < -0.4 is 9.47 Å². The quantitative estimate of drug-likeness (QED) is 0.411. The summed E-state index contributed by atoms with van der Waals surface area (Å²) in [4.78, 5) is 14.1. The molecule has 0 atom stereocenters. The molecule has 1 aliphatic heterocycles. The van der Waals surface area contributed by atoms with Gasteiger partial charge in [-0.25, -0.2) is 0 Å². The molecule has 0 spiro atoms. The Balaban J connectivity index is 2.41. The lowest BCUT2D eigenvalue weighted by Crippen LogP contribution is -2.22. The molecule has 1 heterocycles. The number of methoxy groups -OCH3 is 1. The number of likely N-dealkylation sites (N-methyl/N-ethyl adjacent to an activating group) is 1. The van der Waals surface area contributed by atoms with Gasteiger partial charge < -0.3 is 9.47 Å². The van der Waals surface area contributed by atoms with Gasteiger partial charge in [-0.1, -0.05) is 24.0 Å². The van der Waals surface area contributed by atoms with Gasteiger partial charge in [-0.15, -0.1) is 0 Å². The lowest BCUT2D eigenvalue weighted by Gasteiger charge is -2.12. The number of halogens is 1. The van der Waals surface area contributed by atoms with Crippen molar-refractivity contribution in [2.75, 3.05) is 20.8 Å². The van der Waals surface area contributed by atoms with Crippen LogP contribution >= 0.6 is 46.6 Å². The zero-order valence-electron chi connectivity index (χ0n) is 11.8. The maximum atomic E-state index is 12.0. The topological polar surface area (TPSA) is 38.8 Å². The van der Waals surface area contributed by atoms with Gasteiger partial charge in [0.25, 0.3) is 5.91 Å². The number of carbonyl (C=O) groups excluding carboxylic acids is 1. The molecule has 0 bridgehead atoms. The SMILES string of the molecule is CCOc1cc(/C=C2/SC(=S)N(C)C2=O)cc(I)c1OC. The summed E-state index contributed by atoms with van der Waals surface area (Å²) in [6.45, 7) is 2.47. The van der Waals surface area contributed by atoms with E-state index in [1.807, 2.05) is 25.1 Å². The van der Waals surface area contributed by atoms with Crippen LogP contribution in [0.15, 0.2) is 17.0 Å². The minimum Gasteiger partial charge on any atom is -0.492 e. The third-order valence-corrected chi connectivity index (χ3v) is 5.11. The zero-order valence-corrected chi connectivity index (χ0v) is 15.6. The predicted molar refractivity (Wildman–Crippen MR) is 97.8 cm³/mol. The Kier molecular flexibility index (Phi) is 5.50. The molecule has 0 aromatic heterocycles. The molecular formula is C14H14INO3S2. The summed E-state index contributed by atoms with van der Waals surface area (Å²) in [5.74, 6) is 1.30. The highest BCUT2D eigenvalue weighted by Gasteiger charge is 2.28. The van der Waals surface area contributed by atoms with Gasteiger partial charge in [0.05, 0.1) is 22.2 Å². The highest BCUT2D eigenvalue weighted by atomic mass is 127. The van der Waals surface area contributed by atoms with Crippen LogP contribution in [-0.4, -0.2) is 35.9 Å². The highest BCUT2D eigenvalue weighted by Crippen LogP contribution is 2.36. The molecule has 0 aliphatic carbocycles. The molecule has 1 fully saturated rings. The number of carbonyl (C=O) groups is 1. The van der Waals surface area contributed by atoms with Crippen molar-refractivity contribution in [3.63, 3.8) is 0 Å². The van der Waals surface area contributed by atoms with Crippen molar-refractivity contribution in [1.29, 1.82) is 0 Å². The van der Waals surface area contributed by atoms with Gasteiger partial charge in [-0.2, -0.15) is 0 Å². The summed E-state index contributed by atoms with van der Waals surface area (Å²) in [5, 5.41) is 0. The van der Waals surface area contributed by atoms with E-state index in [4.69, 9.17) is 21.7 Å². The molecule has 1 aliphatic rings. The monoisotopic (exact) mass is 435 g/mol. The fraction of sp³-hybridized carbons (Fsp3) is 0.286. The number of nitrogens with zero attached hydrogens (tertiary/aromatic N) is 1. The number of ether oxygens (including phenoxy) is 2. The number of amides is 1. The van der Waals surface area contributed by atoms with Crippen molar-refractivity contribution < 1.29 is 14.3 Å². The second-order valence-corrected chi connectivity index (χ2v) is 7.05. The average Bonchev–Trinajstić information content (AvgIpc) is 2.67. The van der Waals surface area contributed by atoms with Gasteiger partial charge >= 0.3 is 0 Å². The molecular weight excluding hydrogens is 421 g/mol. The van der Waals surface area contributed by atoms with E-state index >= 15 is 0 Å². The largest absolute Gasteiger partial charge is 0.492 e. The Morgan fingerprint density at radius 1 is 1.48 bits per heavy atom. The van der Waals surface area contributed by atoms with Gasteiger partial charge in [-0.05, 0) is 53.3 Å². The van der Waals surface area contributed by atoms with Crippen LogP contribution in [0.25, 0.3) is 6.08 Å². The van der Waals surface area contributed by atoms with Crippen molar-refractivity contribution in [2.24, 2.45) is 0 Å². The molecule has 7 heteroatoms. The zero-order chi connectivity index (χ0) is 15.6. The number of thiocarbonyl (C=S) groups is 1. The molecule has 0 saturated carbocycles. The van der Waals surface area contributed by atoms with Crippen molar-refractivity contribution in [3.05, 3.63) is 26.2 Å². The molecule has 21 heavy (non-hydrogen) atoms. The normalized spacial score (nSPS) is 16.8. The van der Waals surface area contributed by atoms with Crippen molar-refractivity contribution >= 4 is 62.9 Å². The van der Waals surface area contributed by atoms with E-state index in [1.165, 1.54) is 16.7 Å². The number of thioether (sulfide) groups is 1. The summed E-state index contributed by atoms with van der Waals surface area (Å²) in [6, 6.07) is 3.82. The van der Waals surface area contributed by atoms with E-state index in [2.05, 4.69) is 22.6 Å². The van der Waals surface area contributed by atoms with Crippen molar-refractivity contribution in [2.45, 2.75) is 6.92 Å².